The molecule has 7 heteroatoms. The molecule has 0 saturated carbocycles. The van der Waals surface area contributed by atoms with Gasteiger partial charge in [0.25, 0.3) is 0 Å². The van der Waals surface area contributed by atoms with Crippen LogP contribution in [0.4, 0.5) is 0 Å². The second kappa shape index (κ2) is 9.94. The molecule has 31 heavy (non-hydrogen) atoms. The maximum absolute atomic E-state index is 12.0. The van der Waals surface area contributed by atoms with E-state index in [2.05, 4.69) is 27.8 Å². The summed E-state index contributed by atoms with van der Waals surface area (Å²) in [5.41, 5.74) is 3.04. The fraction of sp³-hybridized carbons (Fsp3) is 0.417. The first-order chi connectivity index (χ1) is 15.1. The summed E-state index contributed by atoms with van der Waals surface area (Å²) in [5, 5.41) is 0. The molecule has 1 unspecified atom stereocenters. The molecule has 2 aliphatic heterocycles. The molecule has 2 aromatic carbocycles. The Bertz CT molecular complexity index is 926. The number of ketones is 1. The lowest BCUT2D eigenvalue weighted by Crippen LogP contribution is -2.44. The molecule has 2 aromatic rings. The van der Waals surface area contributed by atoms with Crippen molar-refractivity contribution in [1.29, 1.82) is 0 Å². The van der Waals surface area contributed by atoms with Crippen molar-refractivity contribution < 1.29 is 28.5 Å². The molecule has 164 valence electrons. The molecule has 0 N–H and O–H groups in total. The van der Waals surface area contributed by atoms with Crippen LogP contribution in [0.25, 0.3) is 0 Å². The van der Waals surface area contributed by atoms with Gasteiger partial charge in [0.15, 0.2) is 5.78 Å². The van der Waals surface area contributed by atoms with Crippen molar-refractivity contribution in [3.05, 3.63) is 59.2 Å². The van der Waals surface area contributed by atoms with E-state index in [9.17, 15) is 9.59 Å². The summed E-state index contributed by atoms with van der Waals surface area (Å²) in [4.78, 5) is 25.6. The Morgan fingerprint density at radius 3 is 2.77 bits per heavy atom. The molecule has 0 radical (unpaired) electrons. The van der Waals surface area contributed by atoms with Crippen LogP contribution < -0.4 is 9.47 Å². The van der Waals surface area contributed by atoms with Crippen LogP contribution in [0, 0.1) is 0 Å². The molecule has 1 saturated heterocycles. The number of esters is 1. The van der Waals surface area contributed by atoms with Gasteiger partial charge in [-0.25, -0.2) is 0 Å². The lowest BCUT2D eigenvalue weighted by molar-refractivity contribution is -0.139. The topological polar surface area (TPSA) is 74.3 Å². The van der Waals surface area contributed by atoms with E-state index in [-0.39, 0.29) is 18.3 Å². The van der Waals surface area contributed by atoms with Crippen molar-refractivity contribution in [2.75, 3.05) is 40.0 Å². The second-order valence-corrected chi connectivity index (χ2v) is 7.78. The monoisotopic (exact) mass is 425 g/mol. The van der Waals surface area contributed by atoms with Gasteiger partial charge in [0, 0.05) is 31.6 Å². The third-order valence-electron chi connectivity index (χ3n) is 5.53. The third-order valence-corrected chi connectivity index (χ3v) is 5.53. The lowest BCUT2D eigenvalue weighted by Gasteiger charge is -2.32. The molecule has 1 fully saturated rings. The predicted molar refractivity (Wildman–Crippen MR) is 114 cm³/mol. The first-order valence-corrected chi connectivity index (χ1v) is 10.5. The van der Waals surface area contributed by atoms with Gasteiger partial charge in [-0.2, -0.15) is 0 Å². The van der Waals surface area contributed by atoms with Crippen LogP contribution in [0.5, 0.6) is 11.5 Å². The standard InChI is InChI=1S/C24H27NO6/c1-28-24(27)13-22(26)18-3-5-20(6-4-18)31-16-21-15-25(9-11-29-21)14-17-2-7-23-19(12-17)8-10-30-23/h2-7,12,21H,8-11,13-16H2,1H3. The van der Waals surface area contributed by atoms with E-state index in [1.54, 1.807) is 24.3 Å². The van der Waals surface area contributed by atoms with E-state index in [1.807, 2.05) is 0 Å². The van der Waals surface area contributed by atoms with E-state index in [1.165, 1.54) is 18.2 Å². The van der Waals surface area contributed by atoms with E-state index in [0.29, 0.717) is 24.5 Å². The minimum Gasteiger partial charge on any atom is -0.493 e. The van der Waals surface area contributed by atoms with Gasteiger partial charge < -0.3 is 18.9 Å². The Balaban J connectivity index is 1.26. The molecular weight excluding hydrogens is 398 g/mol. The van der Waals surface area contributed by atoms with Gasteiger partial charge in [-0.15, -0.1) is 0 Å². The summed E-state index contributed by atoms with van der Waals surface area (Å²) in [7, 11) is 1.27. The zero-order chi connectivity index (χ0) is 21.6. The number of morpholine rings is 1. The second-order valence-electron chi connectivity index (χ2n) is 7.78. The van der Waals surface area contributed by atoms with Crippen LogP contribution >= 0.6 is 0 Å². The fourth-order valence-electron chi connectivity index (χ4n) is 3.85. The van der Waals surface area contributed by atoms with Crippen LogP contribution in [-0.4, -0.2) is 62.8 Å². The normalized spacial score (nSPS) is 18.2. The summed E-state index contributed by atoms with van der Waals surface area (Å²) < 4.78 is 21.9. The van der Waals surface area contributed by atoms with Crippen molar-refractivity contribution in [1.82, 2.24) is 4.90 Å². The maximum Gasteiger partial charge on any atom is 0.313 e. The van der Waals surface area contributed by atoms with Crippen LogP contribution in [0.15, 0.2) is 42.5 Å². The van der Waals surface area contributed by atoms with Gasteiger partial charge >= 0.3 is 5.97 Å². The van der Waals surface area contributed by atoms with Gasteiger partial charge in [0.05, 0.1) is 20.3 Å². The number of ether oxygens (including phenoxy) is 4. The number of hydrogen-bond donors (Lipinski definition) is 0. The highest BCUT2D eigenvalue weighted by atomic mass is 16.5. The third kappa shape index (κ3) is 5.62. The molecule has 0 amide bonds. The first-order valence-electron chi connectivity index (χ1n) is 10.5. The summed E-state index contributed by atoms with van der Waals surface area (Å²) >= 11 is 0. The molecule has 1 atom stereocenters. The largest absolute Gasteiger partial charge is 0.493 e. The van der Waals surface area contributed by atoms with Gasteiger partial charge in [-0.05, 0) is 41.5 Å². The summed E-state index contributed by atoms with van der Waals surface area (Å²) in [6.07, 6.45) is 0.697. The van der Waals surface area contributed by atoms with E-state index >= 15 is 0 Å². The first kappa shape index (κ1) is 21.3. The molecule has 0 aromatic heterocycles. The number of hydrogen-bond acceptors (Lipinski definition) is 7. The van der Waals surface area contributed by atoms with Gasteiger partial charge in [-0.3, -0.25) is 14.5 Å². The molecular formula is C24H27NO6. The highest BCUT2D eigenvalue weighted by Crippen LogP contribution is 2.26. The number of carbonyl (C=O) groups excluding carboxylic acids is 2. The van der Waals surface area contributed by atoms with Crippen LogP contribution in [0.3, 0.4) is 0 Å². The Morgan fingerprint density at radius 1 is 1.13 bits per heavy atom. The van der Waals surface area contributed by atoms with Crippen molar-refractivity contribution in [2.45, 2.75) is 25.5 Å². The van der Waals surface area contributed by atoms with Crippen molar-refractivity contribution >= 4 is 11.8 Å². The Labute approximate surface area is 181 Å². The molecule has 0 aliphatic carbocycles. The van der Waals surface area contributed by atoms with E-state index in [0.717, 1.165) is 38.4 Å². The minimum absolute atomic E-state index is 0.0212. The van der Waals surface area contributed by atoms with E-state index in [4.69, 9.17) is 14.2 Å². The number of methoxy groups -OCH3 is 1. The van der Waals surface area contributed by atoms with Crippen molar-refractivity contribution in [2.24, 2.45) is 0 Å². The summed E-state index contributed by atoms with van der Waals surface area (Å²) in [6.45, 7) is 4.44. The molecule has 2 heterocycles. The Hall–Kier alpha value is -2.90. The maximum atomic E-state index is 12.0. The predicted octanol–water partition coefficient (Wildman–Crippen LogP) is 2.65. The smallest absolute Gasteiger partial charge is 0.313 e. The van der Waals surface area contributed by atoms with Crippen molar-refractivity contribution in [3.8, 4) is 11.5 Å². The molecule has 2 aliphatic rings. The number of benzene rings is 2. The van der Waals surface area contributed by atoms with Gasteiger partial charge in [0.2, 0.25) is 0 Å². The number of fused-ring (bicyclic) bond motifs is 1. The Kier molecular flexibility index (Phi) is 6.84. The van der Waals surface area contributed by atoms with Crippen LogP contribution in [0.2, 0.25) is 0 Å². The zero-order valence-corrected chi connectivity index (χ0v) is 17.7. The minimum atomic E-state index is -0.544. The number of rotatable bonds is 8. The fourth-order valence-corrected chi connectivity index (χ4v) is 3.85. The average molecular weight is 425 g/mol. The van der Waals surface area contributed by atoms with Gasteiger partial charge in [0.1, 0.15) is 30.6 Å². The number of Topliss-reactive ketones (excluding diaryl/α,β-unsaturated/α-hetero) is 1. The zero-order valence-electron chi connectivity index (χ0n) is 17.7. The molecule has 7 nitrogen and oxygen atoms in total. The van der Waals surface area contributed by atoms with Crippen molar-refractivity contribution in [3.63, 3.8) is 0 Å². The summed E-state index contributed by atoms with van der Waals surface area (Å²) in [5.74, 6) is 0.851. The summed E-state index contributed by atoms with van der Waals surface area (Å²) in [6, 6.07) is 13.2. The lowest BCUT2D eigenvalue weighted by atomic mass is 10.1. The highest BCUT2D eigenvalue weighted by Gasteiger charge is 2.22. The molecule has 0 bridgehead atoms. The average Bonchev–Trinajstić information content (AvgIpc) is 3.26. The van der Waals surface area contributed by atoms with Crippen LogP contribution in [-0.2, 0) is 27.2 Å². The molecule has 0 spiro atoms. The van der Waals surface area contributed by atoms with E-state index < -0.39 is 5.97 Å². The SMILES string of the molecule is COC(=O)CC(=O)c1ccc(OCC2CN(Cc3ccc4c(c3)CCO4)CCO2)cc1. The molecule has 4 rings (SSSR count). The quantitative estimate of drug-likeness (QED) is 0.366. The van der Waals surface area contributed by atoms with Crippen LogP contribution in [0.1, 0.15) is 27.9 Å². The number of nitrogens with zero attached hydrogens (tertiary/aromatic N) is 1. The van der Waals surface area contributed by atoms with Gasteiger partial charge in [-0.1, -0.05) is 12.1 Å². The Morgan fingerprint density at radius 2 is 1.97 bits per heavy atom. The number of carbonyl (C=O) groups is 2. The highest BCUT2D eigenvalue weighted by molar-refractivity contribution is 6.05.